The summed E-state index contributed by atoms with van der Waals surface area (Å²) < 4.78 is 5.08. The number of carbonyl (C=O) groups is 1. The summed E-state index contributed by atoms with van der Waals surface area (Å²) in [5, 5.41) is 10.9. The van der Waals surface area contributed by atoms with Crippen LogP contribution in [0.2, 0.25) is 0 Å². The van der Waals surface area contributed by atoms with Crippen LogP contribution in [0.1, 0.15) is 11.1 Å². The number of methoxy groups -OCH3 is 1. The van der Waals surface area contributed by atoms with Crippen molar-refractivity contribution in [3.05, 3.63) is 47.5 Å². The molecule has 0 atom stereocenters. The van der Waals surface area contributed by atoms with Crippen molar-refractivity contribution in [1.29, 1.82) is 0 Å². The quantitative estimate of drug-likeness (QED) is 0.878. The van der Waals surface area contributed by atoms with Gasteiger partial charge in [-0.15, -0.1) is 0 Å². The lowest BCUT2D eigenvalue weighted by Crippen LogP contribution is -2.00. The lowest BCUT2D eigenvalue weighted by Gasteiger charge is -2.06. The number of rotatable bonds is 4. The SMILES string of the molecule is COCc1ccc2c(CC(=O)O)cccc2c1. The molecule has 0 aliphatic heterocycles. The minimum Gasteiger partial charge on any atom is -0.481 e. The second-order valence-electron chi connectivity index (χ2n) is 3.98. The van der Waals surface area contributed by atoms with Crippen molar-refractivity contribution in [2.45, 2.75) is 13.0 Å². The molecule has 88 valence electrons. The Labute approximate surface area is 99.6 Å². The minimum atomic E-state index is -0.807. The number of hydrogen-bond acceptors (Lipinski definition) is 2. The Balaban J connectivity index is 2.47. The van der Waals surface area contributed by atoms with Gasteiger partial charge in [0.2, 0.25) is 0 Å². The molecular formula is C14H14O3. The fraction of sp³-hybridized carbons (Fsp3) is 0.214. The van der Waals surface area contributed by atoms with E-state index in [1.165, 1.54) is 0 Å². The number of hydrogen-bond donors (Lipinski definition) is 1. The molecule has 0 unspecified atom stereocenters. The van der Waals surface area contributed by atoms with E-state index in [9.17, 15) is 4.79 Å². The highest BCUT2D eigenvalue weighted by molar-refractivity contribution is 5.89. The van der Waals surface area contributed by atoms with Gasteiger partial charge in [0.1, 0.15) is 0 Å². The van der Waals surface area contributed by atoms with Gasteiger partial charge in [-0.25, -0.2) is 0 Å². The molecule has 2 aromatic rings. The first-order valence-electron chi connectivity index (χ1n) is 5.42. The third-order valence-electron chi connectivity index (χ3n) is 2.69. The molecule has 0 spiro atoms. The van der Waals surface area contributed by atoms with Crippen molar-refractivity contribution in [2.24, 2.45) is 0 Å². The Morgan fingerprint density at radius 1 is 1.29 bits per heavy atom. The molecule has 17 heavy (non-hydrogen) atoms. The third-order valence-corrected chi connectivity index (χ3v) is 2.69. The predicted molar refractivity (Wildman–Crippen MR) is 66.0 cm³/mol. The fourth-order valence-electron chi connectivity index (χ4n) is 1.97. The summed E-state index contributed by atoms with van der Waals surface area (Å²) in [5.41, 5.74) is 1.94. The van der Waals surface area contributed by atoms with Crippen LogP contribution in [0, 0.1) is 0 Å². The van der Waals surface area contributed by atoms with Gasteiger partial charge in [0.25, 0.3) is 0 Å². The van der Waals surface area contributed by atoms with E-state index < -0.39 is 5.97 Å². The molecule has 0 aromatic heterocycles. The van der Waals surface area contributed by atoms with E-state index in [0.717, 1.165) is 21.9 Å². The highest BCUT2D eigenvalue weighted by Crippen LogP contribution is 2.21. The summed E-state index contributed by atoms with van der Waals surface area (Å²) in [7, 11) is 1.66. The van der Waals surface area contributed by atoms with Crippen molar-refractivity contribution >= 4 is 16.7 Å². The minimum absolute atomic E-state index is 0.0565. The molecule has 0 amide bonds. The molecule has 2 rings (SSSR count). The Kier molecular flexibility index (Phi) is 3.40. The zero-order valence-corrected chi connectivity index (χ0v) is 9.64. The van der Waals surface area contributed by atoms with Gasteiger partial charge in [0, 0.05) is 7.11 Å². The molecule has 1 N–H and O–H groups in total. The van der Waals surface area contributed by atoms with Crippen LogP contribution in [0.25, 0.3) is 10.8 Å². The molecule has 0 heterocycles. The van der Waals surface area contributed by atoms with Crippen LogP contribution in [0.4, 0.5) is 0 Å². The highest BCUT2D eigenvalue weighted by atomic mass is 16.5. The predicted octanol–water partition coefficient (Wildman–Crippen LogP) is 2.61. The molecule has 0 bridgehead atoms. The van der Waals surface area contributed by atoms with Gasteiger partial charge in [-0.2, -0.15) is 0 Å². The van der Waals surface area contributed by atoms with Gasteiger partial charge in [0.05, 0.1) is 13.0 Å². The monoisotopic (exact) mass is 230 g/mol. The topological polar surface area (TPSA) is 46.5 Å². The van der Waals surface area contributed by atoms with Gasteiger partial charge >= 0.3 is 5.97 Å². The van der Waals surface area contributed by atoms with Gasteiger partial charge in [-0.05, 0) is 28.0 Å². The maximum atomic E-state index is 10.8. The Hall–Kier alpha value is -1.87. The molecular weight excluding hydrogens is 216 g/mol. The second-order valence-corrected chi connectivity index (χ2v) is 3.98. The third kappa shape index (κ3) is 2.63. The Bertz CT molecular complexity index is 546. The van der Waals surface area contributed by atoms with Crippen LogP contribution in [-0.2, 0) is 22.6 Å². The lowest BCUT2D eigenvalue weighted by molar-refractivity contribution is -0.136. The van der Waals surface area contributed by atoms with Crippen LogP contribution in [0.15, 0.2) is 36.4 Å². The number of carboxylic acids is 1. The highest BCUT2D eigenvalue weighted by Gasteiger charge is 2.05. The summed E-state index contributed by atoms with van der Waals surface area (Å²) >= 11 is 0. The zero-order valence-electron chi connectivity index (χ0n) is 9.64. The van der Waals surface area contributed by atoms with E-state index >= 15 is 0 Å². The van der Waals surface area contributed by atoms with E-state index in [4.69, 9.17) is 9.84 Å². The molecule has 0 aliphatic carbocycles. The molecule has 2 aromatic carbocycles. The average Bonchev–Trinajstić information content (AvgIpc) is 2.29. The number of aliphatic carboxylic acids is 1. The average molecular weight is 230 g/mol. The van der Waals surface area contributed by atoms with Crippen LogP contribution < -0.4 is 0 Å². The molecule has 3 heteroatoms. The molecule has 0 saturated carbocycles. The van der Waals surface area contributed by atoms with E-state index in [1.54, 1.807) is 7.11 Å². The number of fused-ring (bicyclic) bond motifs is 1. The van der Waals surface area contributed by atoms with Crippen molar-refractivity contribution in [1.82, 2.24) is 0 Å². The normalized spacial score (nSPS) is 10.6. The fourth-order valence-corrected chi connectivity index (χ4v) is 1.97. The van der Waals surface area contributed by atoms with Gasteiger partial charge in [-0.1, -0.05) is 30.3 Å². The maximum Gasteiger partial charge on any atom is 0.307 e. The van der Waals surface area contributed by atoms with Gasteiger partial charge < -0.3 is 9.84 Å². The van der Waals surface area contributed by atoms with E-state index in [0.29, 0.717) is 6.61 Å². The summed E-state index contributed by atoms with van der Waals surface area (Å²) in [6.07, 6.45) is 0.0565. The first-order chi connectivity index (χ1) is 8.20. The number of carboxylic acid groups (broad SMARTS) is 1. The molecule has 0 fully saturated rings. The smallest absolute Gasteiger partial charge is 0.307 e. The van der Waals surface area contributed by atoms with Crippen molar-refractivity contribution in [3.8, 4) is 0 Å². The zero-order chi connectivity index (χ0) is 12.3. The van der Waals surface area contributed by atoms with E-state index in [2.05, 4.69) is 0 Å². The lowest BCUT2D eigenvalue weighted by atomic mass is 10.0. The summed E-state index contributed by atoms with van der Waals surface area (Å²) in [6, 6.07) is 11.7. The largest absolute Gasteiger partial charge is 0.481 e. The second kappa shape index (κ2) is 4.97. The van der Waals surface area contributed by atoms with Crippen LogP contribution in [0.5, 0.6) is 0 Å². The first-order valence-corrected chi connectivity index (χ1v) is 5.42. The summed E-state index contributed by atoms with van der Waals surface area (Å²) in [5.74, 6) is -0.807. The van der Waals surface area contributed by atoms with Gasteiger partial charge in [0.15, 0.2) is 0 Å². The standard InChI is InChI=1S/C14H14O3/c1-17-9-10-5-6-13-11(7-10)3-2-4-12(13)8-14(15)16/h2-7H,8-9H2,1H3,(H,15,16). The first kappa shape index (κ1) is 11.6. The van der Waals surface area contributed by atoms with Crippen molar-refractivity contribution in [2.75, 3.05) is 7.11 Å². The van der Waals surface area contributed by atoms with Crippen molar-refractivity contribution in [3.63, 3.8) is 0 Å². The Morgan fingerprint density at radius 3 is 2.82 bits per heavy atom. The molecule has 3 nitrogen and oxygen atoms in total. The number of benzene rings is 2. The number of ether oxygens (including phenoxy) is 1. The summed E-state index contributed by atoms with van der Waals surface area (Å²) in [6.45, 7) is 0.569. The van der Waals surface area contributed by atoms with Crippen LogP contribution in [0.3, 0.4) is 0 Å². The van der Waals surface area contributed by atoms with Crippen LogP contribution >= 0.6 is 0 Å². The maximum absolute atomic E-state index is 10.8. The van der Waals surface area contributed by atoms with Crippen LogP contribution in [-0.4, -0.2) is 18.2 Å². The van der Waals surface area contributed by atoms with E-state index in [-0.39, 0.29) is 6.42 Å². The molecule has 0 aliphatic rings. The van der Waals surface area contributed by atoms with Gasteiger partial charge in [-0.3, -0.25) is 4.79 Å². The molecule has 0 radical (unpaired) electrons. The van der Waals surface area contributed by atoms with Crippen molar-refractivity contribution < 1.29 is 14.6 Å². The van der Waals surface area contributed by atoms with E-state index in [1.807, 2.05) is 36.4 Å². The summed E-state index contributed by atoms with van der Waals surface area (Å²) in [4.78, 5) is 10.8. The molecule has 0 saturated heterocycles. The Morgan fingerprint density at radius 2 is 2.12 bits per heavy atom.